The minimum Gasteiger partial charge on any atom is -0.434 e. The van der Waals surface area contributed by atoms with E-state index in [4.69, 9.17) is 38.6 Å². The molecular weight excluding hydrogens is 564 g/mol. The highest BCUT2D eigenvalue weighted by Crippen LogP contribution is 2.26. The number of aliphatic hydroxyl groups is 2. The Kier molecular flexibility index (Phi) is 13.0. The highest BCUT2D eigenvalue weighted by Gasteiger charge is 2.15. The molecule has 0 heterocycles. The lowest BCUT2D eigenvalue weighted by Gasteiger charge is -2.11. The van der Waals surface area contributed by atoms with Gasteiger partial charge in [-0.1, -0.05) is 0 Å². The summed E-state index contributed by atoms with van der Waals surface area (Å²) in [6.07, 6.45) is 0.270. The van der Waals surface area contributed by atoms with Gasteiger partial charge in [-0.2, -0.15) is 0 Å². The first-order valence-corrected chi connectivity index (χ1v) is 13.4. The highest BCUT2D eigenvalue weighted by molar-refractivity contribution is 5.92. The third-order valence-electron chi connectivity index (χ3n) is 5.69. The Hall–Kier alpha value is -4.94. The molecule has 0 spiro atoms. The van der Waals surface area contributed by atoms with Crippen LogP contribution in [0.4, 0.5) is 9.59 Å². The number of benzene rings is 3. The van der Waals surface area contributed by atoms with Crippen LogP contribution in [0, 0.1) is 6.92 Å². The van der Waals surface area contributed by atoms with E-state index >= 15 is 0 Å². The summed E-state index contributed by atoms with van der Waals surface area (Å²) in [7, 11) is 0. The van der Waals surface area contributed by atoms with Crippen molar-refractivity contribution < 1.29 is 57.8 Å². The largest absolute Gasteiger partial charge is 0.513 e. The predicted molar refractivity (Wildman–Crippen MR) is 151 cm³/mol. The van der Waals surface area contributed by atoms with Gasteiger partial charge in [-0.05, 0) is 105 Å². The fraction of sp³-hybridized carbons (Fsp3) is 0.290. The van der Waals surface area contributed by atoms with Gasteiger partial charge in [0.15, 0.2) is 0 Å². The van der Waals surface area contributed by atoms with Crippen LogP contribution in [0.2, 0.25) is 0 Å². The normalized spacial score (nSPS) is 10.4. The van der Waals surface area contributed by atoms with Gasteiger partial charge in [0.05, 0.1) is 24.3 Å². The molecule has 0 radical (unpaired) electrons. The van der Waals surface area contributed by atoms with E-state index in [0.29, 0.717) is 31.2 Å². The Morgan fingerprint density at radius 2 is 1.00 bits per heavy atom. The molecule has 0 atom stereocenters. The van der Waals surface area contributed by atoms with Crippen LogP contribution in [0.3, 0.4) is 0 Å². The average Bonchev–Trinajstić information content (AvgIpc) is 2.99. The fourth-order valence-corrected chi connectivity index (χ4v) is 3.43. The van der Waals surface area contributed by atoms with Crippen molar-refractivity contribution in [3.8, 4) is 23.0 Å². The number of esters is 2. The molecule has 3 aromatic rings. The Morgan fingerprint density at radius 1 is 0.558 bits per heavy atom. The second kappa shape index (κ2) is 17.1. The van der Waals surface area contributed by atoms with Crippen LogP contribution in [0.25, 0.3) is 0 Å². The second-order valence-electron chi connectivity index (χ2n) is 9.02. The van der Waals surface area contributed by atoms with Gasteiger partial charge in [0.1, 0.15) is 23.0 Å². The van der Waals surface area contributed by atoms with Crippen molar-refractivity contribution in [1.82, 2.24) is 0 Å². The molecule has 0 aliphatic heterocycles. The van der Waals surface area contributed by atoms with Crippen molar-refractivity contribution in [3.05, 3.63) is 83.4 Å². The van der Waals surface area contributed by atoms with Crippen molar-refractivity contribution in [3.63, 3.8) is 0 Å². The molecule has 0 aliphatic rings. The summed E-state index contributed by atoms with van der Waals surface area (Å²) in [4.78, 5) is 48.6. The van der Waals surface area contributed by atoms with Gasteiger partial charge in [0.25, 0.3) is 0 Å². The molecule has 12 nitrogen and oxygen atoms in total. The van der Waals surface area contributed by atoms with Crippen molar-refractivity contribution in [2.75, 3.05) is 26.4 Å². The molecule has 0 saturated heterocycles. The zero-order chi connectivity index (χ0) is 31.0. The van der Waals surface area contributed by atoms with Crippen molar-refractivity contribution >= 4 is 24.2 Å². The third-order valence-corrected chi connectivity index (χ3v) is 5.69. The van der Waals surface area contributed by atoms with E-state index in [1.165, 1.54) is 66.7 Å². The van der Waals surface area contributed by atoms with E-state index in [1.807, 2.05) is 0 Å². The number of carbonyl (C=O) groups excluding carboxylic acids is 4. The monoisotopic (exact) mass is 596 g/mol. The molecule has 228 valence electrons. The zero-order valence-electron chi connectivity index (χ0n) is 23.5. The quantitative estimate of drug-likeness (QED) is 0.111. The van der Waals surface area contributed by atoms with Gasteiger partial charge in [0, 0.05) is 13.2 Å². The predicted octanol–water partition coefficient (Wildman–Crippen LogP) is 5.01. The summed E-state index contributed by atoms with van der Waals surface area (Å²) in [5.74, 6) is -0.470. The number of hydrogen-bond donors (Lipinski definition) is 2. The van der Waals surface area contributed by atoms with Crippen molar-refractivity contribution in [2.45, 2.75) is 32.6 Å². The van der Waals surface area contributed by atoms with Crippen LogP contribution in [0.1, 0.15) is 52.0 Å². The number of aliphatic hydroxyl groups excluding tert-OH is 2. The molecule has 0 unspecified atom stereocenters. The van der Waals surface area contributed by atoms with Crippen LogP contribution in [-0.4, -0.2) is 60.9 Å². The molecule has 0 amide bonds. The van der Waals surface area contributed by atoms with E-state index in [0.717, 1.165) is 0 Å². The van der Waals surface area contributed by atoms with Crippen LogP contribution in [0.5, 0.6) is 23.0 Å². The molecule has 0 bridgehead atoms. The number of ether oxygens (including phenoxy) is 6. The summed E-state index contributed by atoms with van der Waals surface area (Å²) < 4.78 is 30.7. The molecule has 0 aliphatic carbocycles. The smallest absolute Gasteiger partial charge is 0.434 e. The van der Waals surface area contributed by atoms with E-state index in [1.54, 1.807) is 6.92 Å². The standard InChI is InChI=1S/C31H32O12/c1-21-20-26(40-28(34)22-6-10-24(11-7-22)41-30(36)38-18-4-2-16-32)14-15-27(21)43-29(35)23-8-12-25(13-9-23)42-31(37)39-19-5-3-17-33/h6-15,20,32-33H,2-5,16-19H2,1H3. The molecule has 43 heavy (non-hydrogen) atoms. The molecule has 3 rings (SSSR count). The first kappa shape index (κ1) is 32.6. The molecule has 0 saturated carbocycles. The van der Waals surface area contributed by atoms with Gasteiger partial charge >= 0.3 is 24.2 Å². The zero-order valence-corrected chi connectivity index (χ0v) is 23.5. The molecule has 0 fully saturated rings. The van der Waals surface area contributed by atoms with Gasteiger partial charge in [0.2, 0.25) is 0 Å². The summed E-state index contributed by atoms with van der Waals surface area (Å²) >= 11 is 0. The number of unbranched alkanes of at least 4 members (excludes halogenated alkanes) is 2. The number of aryl methyl sites for hydroxylation is 1. The Morgan fingerprint density at radius 3 is 1.44 bits per heavy atom. The first-order chi connectivity index (χ1) is 20.8. The number of rotatable bonds is 14. The maximum Gasteiger partial charge on any atom is 0.513 e. The molecule has 12 heteroatoms. The minimum atomic E-state index is -0.890. The number of hydrogen-bond acceptors (Lipinski definition) is 12. The molecular formula is C31H32O12. The Balaban J connectivity index is 1.49. The minimum absolute atomic E-state index is 0.0102. The fourth-order valence-electron chi connectivity index (χ4n) is 3.43. The van der Waals surface area contributed by atoms with Crippen LogP contribution in [-0.2, 0) is 9.47 Å². The van der Waals surface area contributed by atoms with Gasteiger partial charge in [-0.25, -0.2) is 19.2 Å². The van der Waals surface area contributed by atoms with Crippen LogP contribution < -0.4 is 18.9 Å². The Labute approximate surface area is 247 Å². The lowest BCUT2D eigenvalue weighted by molar-refractivity contribution is 0.0718. The maximum absolute atomic E-state index is 12.6. The molecule has 2 N–H and O–H groups in total. The summed E-state index contributed by atoms with van der Waals surface area (Å²) in [6, 6.07) is 15.9. The van der Waals surface area contributed by atoms with Crippen LogP contribution in [0.15, 0.2) is 66.7 Å². The summed E-state index contributed by atoms with van der Waals surface area (Å²) in [6.45, 7) is 1.94. The van der Waals surface area contributed by atoms with Gasteiger partial charge in [-0.15, -0.1) is 0 Å². The lowest BCUT2D eigenvalue weighted by Crippen LogP contribution is -2.13. The number of carbonyl (C=O) groups is 4. The topological polar surface area (TPSA) is 164 Å². The maximum atomic E-state index is 12.6. The highest BCUT2D eigenvalue weighted by atomic mass is 16.7. The van der Waals surface area contributed by atoms with Crippen molar-refractivity contribution in [2.24, 2.45) is 0 Å². The second-order valence-corrected chi connectivity index (χ2v) is 9.02. The Bertz CT molecular complexity index is 1370. The van der Waals surface area contributed by atoms with E-state index in [-0.39, 0.29) is 60.6 Å². The van der Waals surface area contributed by atoms with Crippen molar-refractivity contribution in [1.29, 1.82) is 0 Å². The first-order valence-electron chi connectivity index (χ1n) is 13.4. The van der Waals surface area contributed by atoms with E-state index in [9.17, 15) is 19.2 Å². The van der Waals surface area contributed by atoms with Crippen LogP contribution >= 0.6 is 0 Å². The third kappa shape index (κ3) is 11.1. The molecule has 0 aromatic heterocycles. The average molecular weight is 597 g/mol. The lowest BCUT2D eigenvalue weighted by atomic mass is 10.2. The van der Waals surface area contributed by atoms with E-state index < -0.39 is 24.2 Å². The van der Waals surface area contributed by atoms with Gasteiger partial charge < -0.3 is 38.6 Å². The summed E-state index contributed by atoms with van der Waals surface area (Å²) in [5.41, 5.74) is 0.948. The molecule has 3 aromatic carbocycles. The van der Waals surface area contributed by atoms with E-state index in [2.05, 4.69) is 0 Å². The summed E-state index contributed by atoms with van der Waals surface area (Å²) in [5, 5.41) is 17.5. The SMILES string of the molecule is Cc1cc(OC(=O)c2ccc(OC(=O)OCCCCO)cc2)ccc1OC(=O)c1ccc(OC(=O)OCCCCO)cc1. The van der Waals surface area contributed by atoms with Gasteiger partial charge in [-0.3, -0.25) is 0 Å².